The van der Waals surface area contributed by atoms with Crippen LogP contribution in [0.15, 0.2) is 12.2 Å². The van der Waals surface area contributed by atoms with Crippen molar-refractivity contribution in [3.63, 3.8) is 0 Å². The van der Waals surface area contributed by atoms with E-state index in [1.807, 2.05) is 6.08 Å². The predicted octanol–water partition coefficient (Wildman–Crippen LogP) is -0.120. The van der Waals surface area contributed by atoms with Gasteiger partial charge in [-0.05, 0) is 6.92 Å². The van der Waals surface area contributed by atoms with Gasteiger partial charge in [-0.1, -0.05) is 22.0 Å². The van der Waals surface area contributed by atoms with Crippen molar-refractivity contribution in [2.45, 2.75) is 17.8 Å². The highest BCUT2D eigenvalue weighted by Gasteiger charge is 2.41. The topological polar surface area (TPSA) is 37.6 Å². The lowest BCUT2D eigenvalue weighted by Gasteiger charge is -2.31. The molecule has 12 heavy (non-hydrogen) atoms. The fourth-order valence-corrected chi connectivity index (χ4v) is 1.87. The highest BCUT2D eigenvalue weighted by molar-refractivity contribution is 9.09. The lowest BCUT2D eigenvalue weighted by Crippen LogP contribution is -2.57. The van der Waals surface area contributed by atoms with E-state index in [0.717, 1.165) is 11.7 Å². The molecule has 0 aromatic heterocycles. The van der Waals surface area contributed by atoms with E-state index in [-0.39, 0.29) is 6.61 Å². The summed E-state index contributed by atoms with van der Waals surface area (Å²) in [6.45, 7) is 2.13. The van der Waals surface area contributed by atoms with E-state index in [2.05, 4.69) is 38.5 Å². The van der Waals surface area contributed by atoms with Crippen LogP contribution in [0.25, 0.3) is 0 Å². The summed E-state index contributed by atoms with van der Waals surface area (Å²) in [7, 11) is 0. The van der Waals surface area contributed by atoms with Crippen molar-refractivity contribution >= 4 is 27.6 Å². The average molecular weight is 230 g/mol. The van der Waals surface area contributed by atoms with Crippen LogP contribution in [0.5, 0.6) is 0 Å². The maximum absolute atomic E-state index is 8.90. The Bertz CT molecular complexity index is 304. The van der Waals surface area contributed by atoms with Gasteiger partial charge in [-0.3, -0.25) is 0 Å². The Morgan fingerprint density at radius 3 is 3.17 bits per heavy atom. The fraction of sp³-hybridized carbons (Fsp3) is 0.500. The molecule has 0 aliphatic carbocycles. The van der Waals surface area contributed by atoms with Crippen molar-refractivity contribution in [2.24, 2.45) is 0 Å². The van der Waals surface area contributed by atoms with Crippen LogP contribution in [-0.2, 0) is 0 Å². The minimum atomic E-state index is 0.0292. The van der Waals surface area contributed by atoms with Crippen molar-refractivity contribution in [2.75, 3.05) is 6.61 Å². The number of alkyl halides is 1. The van der Waals surface area contributed by atoms with Gasteiger partial charge in [0, 0.05) is 6.08 Å². The van der Waals surface area contributed by atoms with Gasteiger partial charge in [-0.2, -0.15) is 0 Å². The molecule has 2 atom stereocenters. The zero-order valence-electron chi connectivity index (χ0n) is 6.74. The Kier molecular flexibility index (Phi) is 1.83. The minimum absolute atomic E-state index is 0.0292. The summed E-state index contributed by atoms with van der Waals surface area (Å²) in [5.41, 5.74) is 0. The number of aliphatic hydroxyl groups excluding tert-OH is 1. The Hall–Kier alpha value is -0.570. The monoisotopic (exact) mass is 229 g/mol. The first-order valence-corrected chi connectivity index (χ1v) is 4.82. The van der Waals surface area contributed by atoms with E-state index in [0.29, 0.717) is 10.9 Å². The van der Waals surface area contributed by atoms with Crippen LogP contribution in [0.1, 0.15) is 6.92 Å². The first kappa shape index (κ1) is 8.05. The standard InChI is InChI=1S/C8H10BrN2O/c1-5-6(9)2-3-7-10-8(4-12)11(5)7/h2-3,5-6,12H,4H2,1H3/q+1. The molecule has 0 radical (unpaired) electrons. The third-order valence-corrected chi connectivity index (χ3v) is 3.28. The Morgan fingerprint density at radius 2 is 2.50 bits per heavy atom. The molecule has 0 saturated carbocycles. The van der Waals surface area contributed by atoms with E-state index in [4.69, 9.17) is 5.11 Å². The van der Waals surface area contributed by atoms with E-state index in [1.165, 1.54) is 0 Å². The van der Waals surface area contributed by atoms with Crippen molar-refractivity contribution in [1.82, 2.24) is 9.57 Å². The summed E-state index contributed by atoms with van der Waals surface area (Å²) >= 11 is 3.53. The molecule has 1 N–H and O–H groups in total. The van der Waals surface area contributed by atoms with Crippen molar-refractivity contribution < 1.29 is 5.11 Å². The van der Waals surface area contributed by atoms with Crippen molar-refractivity contribution in [1.29, 1.82) is 0 Å². The third kappa shape index (κ3) is 0.959. The van der Waals surface area contributed by atoms with Gasteiger partial charge in [0.15, 0.2) is 0 Å². The smallest absolute Gasteiger partial charge is 0.321 e. The summed E-state index contributed by atoms with van der Waals surface area (Å²) in [6.07, 6.45) is 4.05. The minimum Gasteiger partial charge on any atom is -0.384 e. The molecular weight excluding hydrogens is 220 g/mol. The van der Waals surface area contributed by atoms with Gasteiger partial charge in [0.25, 0.3) is 0 Å². The zero-order valence-corrected chi connectivity index (χ0v) is 8.32. The number of hydrogen-bond donors (Lipinski definition) is 1. The molecule has 0 fully saturated rings. The van der Waals surface area contributed by atoms with Crippen LogP contribution in [0.4, 0.5) is 0 Å². The Balaban J connectivity index is 2.30. The Labute approximate surface area is 79.3 Å². The van der Waals surface area contributed by atoms with E-state index in [9.17, 15) is 0 Å². The van der Waals surface area contributed by atoms with Gasteiger partial charge in [-0.15, -0.1) is 0 Å². The largest absolute Gasteiger partial charge is 0.384 e. The predicted molar refractivity (Wildman–Crippen MR) is 52.4 cm³/mol. The second kappa shape index (κ2) is 2.73. The molecule has 2 rings (SSSR count). The molecular formula is C8H10BrN2O+. The van der Waals surface area contributed by atoms with Crippen molar-refractivity contribution in [3.05, 3.63) is 12.2 Å². The molecule has 0 bridgehead atoms. The summed E-state index contributed by atoms with van der Waals surface area (Å²) in [4.78, 5) is 2.40. The van der Waals surface area contributed by atoms with Gasteiger partial charge >= 0.3 is 11.7 Å². The van der Waals surface area contributed by atoms with Crippen LogP contribution in [0.2, 0.25) is 0 Å². The number of amidine groups is 2. The first-order valence-electron chi connectivity index (χ1n) is 3.91. The van der Waals surface area contributed by atoms with Crippen LogP contribution in [-0.4, -0.2) is 39.2 Å². The fourth-order valence-electron chi connectivity index (χ4n) is 1.48. The molecule has 2 unspecified atom stereocenters. The Morgan fingerprint density at radius 1 is 1.75 bits per heavy atom. The van der Waals surface area contributed by atoms with Crippen LogP contribution in [0.3, 0.4) is 0 Å². The first-order chi connectivity index (χ1) is 5.74. The molecule has 64 valence electrons. The molecule has 2 heterocycles. The van der Waals surface area contributed by atoms with Gasteiger partial charge < -0.3 is 5.11 Å². The van der Waals surface area contributed by atoms with E-state index in [1.54, 1.807) is 0 Å². The average Bonchev–Trinajstić information content (AvgIpc) is 2.00. The highest BCUT2D eigenvalue weighted by Crippen LogP contribution is 2.21. The van der Waals surface area contributed by atoms with Crippen LogP contribution in [0, 0.1) is 0 Å². The number of rotatable bonds is 1. The number of hydrogen-bond acceptors (Lipinski definition) is 2. The number of fused-ring (bicyclic) bond motifs is 1. The summed E-state index contributed by atoms with van der Waals surface area (Å²) < 4.78 is 4.15. The molecule has 2 aliphatic heterocycles. The molecule has 0 aromatic carbocycles. The molecule has 0 amide bonds. The van der Waals surface area contributed by atoms with Crippen LogP contribution < -0.4 is 4.67 Å². The quantitative estimate of drug-likeness (QED) is 0.503. The summed E-state index contributed by atoms with van der Waals surface area (Å²) in [5, 5.41) is 8.90. The van der Waals surface area contributed by atoms with Gasteiger partial charge in [0.1, 0.15) is 6.61 Å². The molecule has 0 saturated heterocycles. The summed E-state index contributed by atoms with van der Waals surface area (Å²) in [5.74, 6) is 1.73. The van der Waals surface area contributed by atoms with Crippen molar-refractivity contribution in [3.8, 4) is 0 Å². The lowest BCUT2D eigenvalue weighted by atomic mass is 10.1. The second-order valence-corrected chi connectivity index (χ2v) is 4.02. The highest BCUT2D eigenvalue weighted by atomic mass is 79.9. The molecule has 2 aliphatic rings. The molecule has 0 spiro atoms. The number of aliphatic hydroxyl groups is 1. The molecule has 3 nitrogen and oxygen atoms in total. The van der Waals surface area contributed by atoms with Gasteiger partial charge in [-0.25, -0.2) is 9.57 Å². The summed E-state index contributed by atoms with van der Waals surface area (Å²) in [6, 6.07) is 0.352. The third-order valence-electron chi connectivity index (χ3n) is 2.21. The normalized spacial score (nSPS) is 32.1. The maximum atomic E-state index is 8.90. The molecule has 4 heteroatoms. The van der Waals surface area contributed by atoms with Gasteiger partial charge in [0.2, 0.25) is 0 Å². The molecule has 0 aromatic rings. The SMILES string of the molecule is CC1C(Br)C=CC2=[N+]=C(CO)N21. The lowest BCUT2D eigenvalue weighted by molar-refractivity contribution is 0.325. The van der Waals surface area contributed by atoms with E-state index >= 15 is 0 Å². The zero-order chi connectivity index (χ0) is 8.72. The van der Waals surface area contributed by atoms with Gasteiger partial charge in [0.05, 0.1) is 10.9 Å². The number of nitrogens with zero attached hydrogens (tertiary/aromatic N) is 2. The maximum Gasteiger partial charge on any atom is 0.321 e. The van der Waals surface area contributed by atoms with E-state index < -0.39 is 0 Å². The second-order valence-electron chi connectivity index (χ2n) is 2.96. The van der Waals surface area contributed by atoms with Crippen LogP contribution >= 0.6 is 15.9 Å². The number of halogens is 1.